The lowest BCUT2D eigenvalue weighted by molar-refractivity contribution is -0.144. The number of furan rings is 1. The van der Waals surface area contributed by atoms with Gasteiger partial charge >= 0.3 is 12.1 Å². The van der Waals surface area contributed by atoms with E-state index in [1.807, 2.05) is 0 Å². The van der Waals surface area contributed by atoms with Crippen LogP contribution in [0, 0.1) is 6.92 Å². The van der Waals surface area contributed by atoms with E-state index in [2.05, 4.69) is 0 Å². The van der Waals surface area contributed by atoms with Gasteiger partial charge < -0.3 is 13.7 Å². The van der Waals surface area contributed by atoms with Crippen molar-refractivity contribution >= 4 is 22.7 Å². The van der Waals surface area contributed by atoms with Gasteiger partial charge in [0.25, 0.3) is 5.56 Å². The molecule has 0 saturated heterocycles. The molecule has 9 heteroatoms. The minimum Gasteiger partial charge on any atom is -0.456 e. The quantitative estimate of drug-likeness (QED) is 0.491. The fraction of sp³-hybridized carbons (Fsp3) is 0.211. The summed E-state index contributed by atoms with van der Waals surface area (Å²) in [5, 5.41) is 0.743. The number of fused-ring (bicyclic) bond motifs is 1. The minimum atomic E-state index is -4.66. The fourth-order valence-corrected chi connectivity index (χ4v) is 2.66. The molecule has 0 fully saturated rings. The molecule has 0 aliphatic heterocycles. The smallest absolute Gasteiger partial charge is 0.417 e. The lowest BCUT2D eigenvalue weighted by Crippen LogP contribution is -2.27. The van der Waals surface area contributed by atoms with Crippen molar-refractivity contribution in [2.75, 3.05) is 6.61 Å². The van der Waals surface area contributed by atoms with Crippen LogP contribution in [0.4, 0.5) is 13.2 Å². The normalized spacial score (nSPS) is 11.6. The van der Waals surface area contributed by atoms with Gasteiger partial charge in [0.15, 0.2) is 12.4 Å². The third-order valence-corrected chi connectivity index (χ3v) is 4.07. The summed E-state index contributed by atoms with van der Waals surface area (Å²) in [6.07, 6.45) is -4.14. The van der Waals surface area contributed by atoms with Crippen molar-refractivity contribution in [2.24, 2.45) is 0 Å². The molecule has 0 radical (unpaired) electrons. The molecule has 6 nitrogen and oxygen atoms in total. The molecule has 146 valence electrons. The Kier molecular flexibility index (Phi) is 5.08. The number of halogens is 3. The first-order valence-corrected chi connectivity index (χ1v) is 8.11. The molecular formula is C19H14F3NO5. The molecule has 1 aromatic carbocycles. The molecule has 28 heavy (non-hydrogen) atoms. The van der Waals surface area contributed by atoms with E-state index in [1.54, 1.807) is 31.2 Å². The van der Waals surface area contributed by atoms with Gasteiger partial charge in [0.05, 0.1) is 5.56 Å². The van der Waals surface area contributed by atoms with E-state index in [-0.39, 0.29) is 5.76 Å². The molecular weight excluding hydrogens is 379 g/mol. The molecule has 0 saturated carbocycles. The second kappa shape index (κ2) is 7.34. The zero-order valence-corrected chi connectivity index (χ0v) is 14.6. The third-order valence-electron chi connectivity index (χ3n) is 4.07. The first-order valence-electron chi connectivity index (χ1n) is 8.11. The van der Waals surface area contributed by atoms with Crippen molar-refractivity contribution in [1.29, 1.82) is 0 Å². The monoisotopic (exact) mass is 393 g/mol. The molecule has 0 unspecified atom stereocenters. The highest BCUT2D eigenvalue weighted by Gasteiger charge is 2.31. The Balaban J connectivity index is 1.68. The van der Waals surface area contributed by atoms with Gasteiger partial charge in [-0.05, 0) is 19.1 Å². The number of para-hydroxylation sites is 1. The van der Waals surface area contributed by atoms with E-state index in [9.17, 15) is 27.6 Å². The molecule has 0 spiro atoms. The van der Waals surface area contributed by atoms with Gasteiger partial charge in [-0.1, -0.05) is 18.2 Å². The number of hydrogen-bond donors (Lipinski definition) is 0. The van der Waals surface area contributed by atoms with Gasteiger partial charge in [0, 0.05) is 23.2 Å². The highest BCUT2D eigenvalue weighted by molar-refractivity contribution is 6.01. The summed E-state index contributed by atoms with van der Waals surface area (Å²) in [5.41, 5.74) is -0.783. The number of alkyl halides is 3. The van der Waals surface area contributed by atoms with Crippen LogP contribution in [0.3, 0.4) is 0 Å². The summed E-state index contributed by atoms with van der Waals surface area (Å²) in [7, 11) is 0. The zero-order chi connectivity index (χ0) is 20.5. The molecule has 2 aromatic heterocycles. The number of Topliss-reactive ketones (excluding diaryl/α,β-unsaturated/α-hetero) is 1. The summed E-state index contributed by atoms with van der Waals surface area (Å²) >= 11 is 0. The average molecular weight is 393 g/mol. The molecule has 0 N–H and O–H groups in total. The first-order chi connectivity index (χ1) is 13.2. The second-order valence-corrected chi connectivity index (χ2v) is 6.02. The van der Waals surface area contributed by atoms with Crippen LogP contribution >= 0.6 is 0 Å². The molecule has 0 atom stereocenters. The minimum absolute atomic E-state index is 0.0326. The zero-order valence-electron chi connectivity index (χ0n) is 14.6. The summed E-state index contributed by atoms with van der Waals surface area (Å²) in [5.74, 6) is -1.59. The van der Waals surface area contributed by atoms with Crippen LogP contribution in [0.2, 0.25) is 0 Å². The van der Waals surface area contributed by atoms with Crippen molar-refractivity contribution in [3.63, 3.8) is 0 Å². The van der Waals surface area contributed by atoms with Crippen molar-refractivity contribution in [2.45, 2.75) is 19.6 Å². The maximum atomic E-state index is 12.7. The van der Waals surface area contributed by atoms with Gasteiger partial charge in [-0.2, -0.15) is 13.2 Å². The number of rotatable bonds is 5. The van der Waals surface area contributed by atoms with Crippen LogP contribution < -0.4 is 5.56 Å². The number of hydrogen-bond acceptors (Lipinski definition) is 5. The molecule has 2 heterocycles. The van der Waals surface area contributed by atoms with E-state index < -0.39 is 42.2 Å². The summed E-state index contributed by atoms with van der Waals surface area (Å²) < 4.78 is 49.0. The number of benzene rings is 1. The van der Waals surface area contributed by atoms with Crippen molar-refractivity contribution in [1.82, 2.24) is 4.57 Å². The van der Waals surface area contributed by atoms with E-state index in [4.69, 9.17) is 9.15 Å². The lowest BCUT2D eigenvalue weighted by atomic mass is 10.1. The van der Waals surface area contributed by atoms with E-state index in [0.29, 0.717) is 34.0 Å². The number of aryl methyl sites for hydroxylation is 1. The van der Waals surface area contributed by atoms with Gasteiger partial charge in [-0.15, -0.1) is 0 Å². The highest BCUT2D eigenvalue weighted by atomic mass is 19.4. The second-order valence-electron chi connectivity index (χ2n) is 6.02. The standard InChI is InChI=1S/C19H14F3NO5/c1-11-13-4-2-3-5-15(13)28-18(11)14(24)10-27-17(26)9-23-8-12(19(20,21)22)6-7-16(23)25/h2-8H,9-10H2,1H3. The van der Waals surface area contributed by atoms with Crippen LogP contribution in [0.1, 0.15) is 21.7 Å². The third kappa shape index (κ3) is 3.98. The molecule has 0 amide bonds. The SMILES string of the molecule is Cc1c(C(=O)COC(=O)Cn2cc(C(F)(F)F)ccc2=O)oc2ccccc12. The fourth-order valence-electron chi connectivity index (χ4n) is 2.66. The molecule has 3 aromatic rings. The van der Waals surface area contributed by atoms with Crippen LogP contribution in [0.15, 0.2) is 51.8 Å². The van der Waals surface area contributed by atoms with Gasteiger partial charge in [-0.3, -0.25) is 14.4 Å². The van der Waals surface area contributed by atoms with Crippen molar-refractivity contribution in [3.05, 3.63) is 69.8 Å². The largest absolute Gasteiger partial charge is 0.456 e. The summed E-state index contributed by atoms with van der Waals surface area (Å²) in [6, 6.07) is 8.32. The summed E-state index contributed by atoms with van der Waals surface area (Å²) in [6.45, 7) is 0.269. The Labute approximate surface area is 156 Å². The maximum absolute atomic E-state index is 12.7. The summed E-state index contributed by atoms with van der Waals surface area (Å²) in [4.78, 5) is 35.8. The van der Waals surface area contributed by atoms with Crippen LogP contribution in [-0.2, 0) is 22.3 Å². The molecule has 0 aliphatic carbocycles. The lowest BCUT2D eigenvalue weighted by Gasteiger charge is -2.10. The molecule has 0 aliphatic rings. The highest BCUT2D eigenvalue weighted by Crippen LogP contribution is 2.28. The van der Waals surface area contributed by atoms with Crippen molar-refractivity contribution in [3.8, 4) is 0 Å². The topological polar surface area (TPSA) is 78.5 Å². The van der Waals surface area contributed by atoms with E-state index >= 15 is 0 Å². The number of carbonyl (C=O) groups excluding carboxylic acids is 2. The number of aromatic nitrogens is 1. The number of carbonyl (C=O) groups is 2. The number of nitrogens with zero attached hydrogens (tertiary/aromatic N) is 1. The Bertz CT molecular complexity index is 1110. The predicted molar refractivity (Wildman–Crippen MR) is 91.9 cm³/mol. The molecule has 3 rings (SSSR count). The van der Waals surface area contributed by atoms with Crippen molar-refractivity contribution < 1.29 is 31.9 Å². The first kappa shape index (κ1) is 19.4. The number of pyridine rings is 1. The Morgan fingerprint density at radius 3 is 2.54 bits per heavy atom. The van der Waals surface area contributed by atoms with Gasteiger partial charge in [0.1, 0.15) is 12.1 Å². The van der Waals surface area contributed by atoms with E-state index in [1.165, 1.54) is 0 Å². The Morgan fingerprint density at radius 1 is 1.14 bits per heavy atom. The number of ketones is 1. The Morgan fingerprint density at radius 2 is 1.86 bits per heavy atom. The molecule has 0 bridgehead atoms. The predicted octanol–water partition coefficient (Wildman–Crippen LogP) is 3.35. The van der Waals surface area contributed by atoms with Crippen LogP contribution in [-0.4, -0.2) is 22.9 Å². The average Bonchev–Trinajstić information content (AvgIpc) is 2.98. The maximum Gasteiger partial charge on any atom is 0.417 e. The Hall–Kier alpha value is -3.36. The van der Waals surface area contributed by atoms with Gasteiger partial charge in [-0.25, -0.2) is 0 Å². The van der Waals surface area contributed by atoms with Gasteiger partial charge in [0.2, 0.25) is 5.78 Å². The van der Waals surface area contributed by atoms with Crippen LogP contribution in [0.25, 0.3) is 11.0 Å². The number of ether oxygens (including phenoxy) is 1. The van der Waals surface area contributed by atoms with Crippen LogP contribution in [0.5, 0.6) is 0 Å². The number of esters is 1. The van der Waals surface area contributed by atoms with E-state index in [0.717, 1.165) is 5.39 Å².